The molecule has 0 spiro atoms. The van der Waals surface area contributed by atoms with Crippen LogP contribution in [0.3, 0.4) is 0 Å². The number of aromatic nitrogens is 5. The molecule has 0 aromatic carbocycles. The first-order valence-corrected chi connectivity index (χ1v) is 8.65. The van der Waals surface area contributed by atoms with Gasteiger partial charge < -0.3 is 9.47 Å². The normalized spacial score (nSPS) is 18.0. The maximum absolute atomic E-state index is 12.6. The Bertz CT molecular complexity index is 898. The molecule has 0 aliphatic carbocycles. The second-order valence-electron chi connectivity index (χ2n) is 6.73. The molecule has 0 N–H and O–H groups in total. The fourth-order valence-electron chi connectivity index (χ4n) is 3.63. The van der Waals surface area contributed by atoms with E-state index in [-0.39, 0.29) is 11.8 Å². The van der Waals surface area contributed by atoms with E-state index in [9.17, 15) is 4.79 Å². The predicted octanol–water partition coefficient (Wildman–Crippen LogP) is 1.88. The average Bonchev–Trinajstić information content (AvgIpc) is 3.23. The van der Waals surface area contributed by atoms with E-state index < -0.39 is 0 Å². The van der Waals surface area contributed by atoms with Crippen molar-refractivity contribution in [2.75, 3.05) is 13.1 Å². The zero-order valence-corrected chi connectivity index (χ0v) is 14.6. The lowest BCUT2D eigenvalue weighted by Crippen LogP contribution is -2.40. The summed E-state index contributed by atoms with van der Waals surface area (Å²) in [5, 5.41) is 5.54. The molecule has 3 aromatic heterocycles. The Morgan fingerprint density at radius 1 is 1.36 bits per heavy atom. The molecule has 0 radical (unpaired) electrons. The van der Waals surface area contributed by atoms with Crippen molar-refractivity contribution in [3.63, 3.8) is 0 Å². The zero-order chi connectivity index (χ0) is 17.4. The van der Waals surface area contributed by atoms with Gasteiger partial charge in [0.1, 0.15) is 6.54 Å². The third-order valence-electron chi connectivity index (χ3n) is 4.96. The van der Waals surface area contributed by atoms with E-state index in [0.717, 1.165) is 48.4 Å². The summed E-state index contributed by atoms with van der Waals surface area (Å²) in [6.45, 7) is 3.89. The van der Waals surface area contributed by atoms with Crippen LogP contribution in [0.25, 0.3) is 11.0 Å². The molecule has 25 heavy (non-hydrogen) atoms. The van der Waals surface area contributed by atoms with Gasteiger partial charge in [0.25, 0.3) is 0 Å². The van der Waals surface area contributed by atoms with Gasteiger partial charge in [-0.3, -0.25) is 9.48 Å². The molecule has 4 rings (SSSR count). The van der Waals surface area contributed by atoms with Crippen molar-refractivity contribution in [1.29, 1.82) is 0 Å². The van der Waals surface area contributed by atoms with Crippen molar-refractivity contribution >= 4 is 16.9 Å². The van der Waals surface area contributed by atoms with Gasteiger partial charge in [0.2, 0.25) is 5.91 Å². The minimum atomic E-state index is 0.139. The number of amides is 1. The van der Waals surface area contributed by atoms with Crippen molar-refractivity contribution in [2.24, 2.45) is 7.05 Å². The lowest BCUT2D eigenvalue weighted by Gasteiger charge is -2.32. The molecule has 130 valence electrons. The smallest absolute Gasteiger partial charge is 0.242 e. The number of hydrogen-bond acceptors (Lipinski definition) is 4. The van der Waals surface area contributed by atoms with Crippen LogP contribution in [0, 0.1) is 6.92 Å². The molecule has 7 nitrogen and oxygen atoms in total. The lowest BCUT2D eigenvalue weighted by molar-refractivity contribution is -0.133. The van der Waals surface area contributed by atoms with Crippen molar-refractivity contribution in [2.45, 2.75) is 32.2 Å². The number of rotatable bonds is 3. The molecule has 0 saturated carbocycles. The molecule has 1 fully saturated rings. The second-order valence-corrected chi connectivity index (χ2v) is 6.73. The van der Waals surface area contributed by atoms with Gasteiger partial charge in [0.15, 0.2) is 5.65 Å². The monoisotopic (exact) mass is 338 g/mol. The number of piperidine rings is 1. The van der Waals surface area contributed by atoms with Gasteiger partial charge in [-0.25, -0.2) is 9.97 Å². The molecule has 1 saturated heterocycles. The highest BCUT2D eigenvalue weighted by molar-refractivity contribution is 5.78. The molecular weight excluding hydrogens is 316 g/mol. The molecule has 3 aromatic rings. The van der Waals surface area contributed by atoms with Gasteiger partial charge in [-0.1, -0.05) is 0 Å². The van der Waals surface area contributed by atoms with E-state index >= 15 is 0 Å². The van der Waals surface area contributed by atoms with E-state index in [0.29, 0.717) is 6.54 Å². The molecule has 0 bridgehead atoms. The summed E-state index contributed by atoms with van der Waals surface area (Å²) < 4.78 is 3.65. The Labute approximate surface area is 146 Å². The summed E-state index contributed by atoms with van der Waals surface area (Å²) in [5.41, 5.74) is 2.96. The summed E-state index contributed by atoms with van der Waals surface area (Å²) in [7, 11) is 1.92. The molecule has 7 heteroatoms. The highest BCUT2D eigenvalue weighted by Gasteiger charge is 2.26. The molecule has 0 unspecified atom stereocenters. The Balaban J connectivity index is 1.52. The lowest BCUT2D eigenvalue weighted by atomic mass is 9.94. The van der Waals surface area contributed by atoms with Gasteiger partial charge in [-0.2, -0.15) is 5.10 Å². The predicted molar refractivity (Wildman–Crippen MR) is 94.0 cm³/mol. The molecular formula is C18H22N6O. The first-order valence-electron chi connectivity index (χ1n) is 8.65. The van der Waals surface area contributed by atoms with Gasteiger partial charge in [0.05, 0.1) is 12.0 Å². The van der Waals surface area contributed by atoms with Crippen LogP contribution in [0.2, 0.25) is 0 Å². The van der Waals surface area contributed by atoms with Crippen molar-refractivity contribution < 1.29 is 4.79 Å². The van der Waals surface area contributed by atoms with Gasteiger partial charge in [-0.15, -0.1) is 0 Å². The fraction of sp³-hybridized carbons (Fsp3) is 0.444. The van der Waals surface area contributed by atoms with Crippen LogP contribution in [0.1, 0.15) is 30.1 Å². The largest absolute Gasteiger partial charge is 0.340 e. The first kappa shape index (κ1) is 15.8. The first-order chi connectivity index (χ1) is 12.1. The van der Waals surface area contributed by atoms with Crippen LogP contribution in [-0.2, 0) is 18.4 Å². The summed E-state index contributed by atoms with van der Waals surface area (Å²) >= 11 is 0. The summed E-state index contributed by atoms with van der Waals surface area (Å²) in [5.74, 6) is 0.417. The van der Waals surface area contributed by atoms with Crippen LogP contribution in [0.15, 0.2) is 30.9 Å². The van der Waals surface area contributed by atoms with Crippen molar-refractivity contribution in [1.82, 2.24) is 29.2 Å². The van der Waals surface area contributed by atoms with E-state index in [1.54, 1.807) is 12.5 Å². The molecule has 1 aliphatic rings. The van der Waals surface area contributed by atoms with Crippen molar-refractivity contribution in [3.8, 4) is 0 Å². The van der Waals surface area contributed by atoms with Gasteiger partial charge >= 0.3 is 0 Å². The Hall–Kier alpha value is -2.70. The van der Waals surface area contributed by atoms with Crippen LogP contribution in [-0.4, -0.2) is 48.2 Å². The van der Waals surface area contributed by atoms with Crippen LogP contribution >= 0.6 is 0 Å². The summed E-state index contributed by atoms with van der Waals surface area (Å²) in [4.78, 5) is 23.3. The van der Waals surface area contributed by atoms with E-state index in [1.165, 1.54) is 0 Å². The zero-order valence-electron chi connectivity index (χ0n) is 14.6. The topological polar surface area (TPSA) is 68.8 Å². The Morgan fingerprint density at radius 2 is 2.24 bits per heavy atom. The fourth-order valence-corrected chi connectivity index (χ4v) is 3.63. The number of fused-ring (bicyclic) bond motifs is 1. The standard InChI is InChI=1S/C18H22N6O/c1-13-15-5-6-16(20-18(15)22(2)21-13)14-4-3-8-24(10-14)17(25)11-23-9-7-19-12-23/h5-7,9,12,14H,3-4,8,10-11H2,1-2H3/t14-/m1/s1. The SMILES string of the molecule is Cc1nn(C)c2nc([C@@H]3CCCN(C(=O)Cn4ccnc4)C3)ccc12. The number of carbonyl (C=O) groups is 1. The number of nitrogens with zero attached hydrogens (tertiary/aromatic N) is 6. The van der Waals surface area contributed by atoms with E-state index in [1.807, 2.05) is 34.3 Å². The Morgan fingerprint density at radius 3 is 3.04 bits per heavy atom. The number of carbonyl (C=O) groups excluding carboxylic acids is 1. The maximum atomic E-state index is 12.6. The summed E-state index contributed by atoms with van der Waals surface area (Å²) in [6.07, 6.45) is 7.26. The minimum Gasteiger partial charge on any atom is -0.340 e. The van der Waals surface area contributed by atoms with Gasteiger partial charge in [0, 0.05) is 49.5 Å². The Kier molecular flexibility index (Phi) is 3.99. The second kappa shape index (κ2) is 6.31. The molecule has 1 atom stereocenters. The quantitative estimate of drug-likeness (QED) is 0.731. The number of imidazole rings is 1. The van der Waals surface area contributed by atoms with Gasteiger partial charge in [-0.05, 0) is 31.9 Å². The molecule has 1 amide bonds. The molecule has 1 aliphatic heterocycles. The number of pyridine rings is 1. The number of aryl methyl sites for hydroxylation is 2. The third-order valence-corrected chi connectivity index (χ3v) is 4.96. The van der Waals surface area contributed by atoms with Crippen LogP contribution < -0.4 is 0 Å². The third kappa shape index (κ3) is 3.01. The van der Waals surface area contributed by atoms with E-state index in [4.69, 9.17) is 4.98 Å². The molecule has 4 heterocycles. The van der Waals surface area contributed by atoms with Crippen LogP contribution in [0.4, 0.5) is 0 Å². The minimum absolute atomic E-state index is 0.139. The van der Waals surface area contributed by atoms with Crippen LogP contribution in [0.5, 0.6) is 0 Å². The number of likely N-dealkylation sites (tertiary alicyclic amines) is 1. The van der Waals surface area contributed by atoms with Crippen molar-refractivity contribution in [3.05, 3.63) is 42.2 Å². The van der Waals surface area contributed by atoms with E-state index in [2.05, 4.69) is 22.2 Å². The highest BCUT2D eigenvalue weighted by Crippen LogP contribution is 2.27. The average molecular weight is 338 g/mol. The maximum Gasteiger partial charge on any atom is 0.242 e. The summed E-state index contributed by atoms with van der Waals surface area (Å²) in [6, 6.07) is 4.19. The highest BCUT2D eigenvalue weighted by atomic mass is 16.2. The number of hydrogen-bond donors (Lipinski definition) is 0.